The number of nitrogens with zero attached hydrogens (tertiary/aromatic N) is 1. The van der Waals surface area contributed by atoms with Crippen LogP contribution < -0.4 is 0 Å². The first kappa shape index (κ1) is 13.7. The number of ketones is 1. The number of hydrogen-bond acceptors (Lipinski definition) is 2. The maximum absolute atomic E-state index is 14.2. The van der Waals surface area contributed by atoms with Crippen molar-refractivity contribution in [3.8, 4) is 0 Å². The van der Waals surface area contributed by atoms with E-state index in [-0.39, 0.29) is 23.6 Å². The monoisotopic (exact) mass is 275 g/mol. The van der Waals surface area contributed by atoms with E-state index >= 15 is 0 Å². The van der Waals surface area contributed by atoms with Gasteiger partial charge in [0, 0.05) is 17.5 Å². The standard InChI is InChI=1S/C17H22FNO/c1-12-6-4-5-11-19(12)16(17(20)13-9-10-13)14-7-2-3-8-15(14)18/h2-3,7-8,12-13,16H,4-6,9-11H2,1H3. The number of halogens is 1. The number of Topliss-reactive ketones (excluding diaryl/α,β-unsaturated/α-hetero) is 1. The van der Waals surface area contributed by atoms with Crippen molar-refractivity contribution in [2.24, 2.45) is 5.92 Å². The van der Waals surface area contributed by atoms with Crippen LogP contribution in [0.4, 0.5) is 4.39 Å². The zero-order valence-corrected chi connectivity index (χ0v) is 12.0. The van der Waals surface area contributed by atoms with Crippen LogP contribution in [-0.4, -0.2) is 23.3 Å². The van der Waals surface area contributed by atoms with Crippen molar-refractivity contribution in [2.75, 3.05) is 6.54 Å². The van der Waals surface area contributed by atoms with Gasteiger partial charge in [0.05, 0.1) is 6.04 Å². The van der Waals surface area contributed by atoms with E-state index in [2.05, 4.69) is 11.8 Å². The minimum atomic E-state index is -0.376. The predicted octanol–water partition coefficient (Wildman–Crippen LogP) is 3.72. The van der Waals surface area contributed by atoms with Gasteiger partial charge in [0.1, 0.15) is 5.82 Å². The lowest BCUT2D eigenvalue weighted by Gasteiger charge is -2.39. The van der Waals surface area contributed by atoms with Gasteiger partial charge >= 0.3 is 0 Å². The van der Waals surface area contributed by atoms with Gasteiger partial charge in [-0.2, -0.15) is 0 Å². The van der Waals surface area contributed by atoms with Crippen LogP contribution in [0, 0.1) is 11.7 Å². The molecule has 1 saturated heterocycles. The van der Waals surface area contributed by atoms with Crippen molar-refractivity contribution in [1.29, 1.82) is 0 Å². The Balaban J connectivity index is 1.95. The fourth-order valence-electron chi connectivity index (χ4n) is 3.29. The Morgan fingerprint density at radius 2 is 2.00 bits per heavy atom. The smallest absolute Gasteiger partial charge is 0.157 e. The number of rotatable bonds is 4. The molecule has 3 heteroatoms. The van der Waals surface area contributed by atoms with Gasteiger partial charge in [-0.05, 0) is 45.2 Å². The van der Waals surface area contributed by atoms with E-state index in [0.717, 1.165) is 32.2 Å². The lowest BCUT2D eigenvalue weighted by atomic mass is 9.92. The molecule has 20 heavy (non-hydrogen) atoms. The average molecular weight is 275 g/mol. The molecule has 0 bridgehead atoms. The molecule has 2 atom stereocenters. The highest BCUT2D eigenvalue weighted by Gasteiger charge is 2.41. The minimum absolute atomic E-state index is 0.161. The Morgan fingerprint density at radius 1 is 1.25 bits per heavy atom. The summed E-state index contributed by atoms with van der Waals surface area (Å²) in [7, 11) is 0. The molecule has 2 aliphatic rings. The van der Waals surface area contributed by atoms with Crippen molar-refractivity contribution in [3.05, 3.63) is 35.6 Å². The normalized spacial score (nSPS) is 25.4. The molecule has 0 amide bonds. The summed E-state index contributed by atoms with van der Waals surface area (Å²) < 4.78 is 14.2. The third kappa shape index (κ3) is 2.64. The van der Waals surface area contributed by atoms with Gasteiger partial charge in [-0.15, -0.1) is 0 Å². The zero-order chi connectivity index (χ0) is 14.1. The van der Waals surface area contributed by atoms with E-state index in [1.54, 1.807) is 12.1 Å². The zero-order valence-electron chi connectivity index (χ0n) is 12.0. The Kier molecular flexibility index (Phi) is 3.88. The molecule has 0 N–H and O–H groups in total. The molecule has 1 aliphatic heterocycles. The Morgan fingerprint density at radius 3 is 2.65 bits per heavy atom. The van der Waals surface area contributed by atoms with E-state index in [0.29, 0.717) is 11.6 Å². The fourth-order valence-corrected chi connectivity index (χ4v) is 3.29. The van der Waals surface area contributed by atoms with Crippen molar-refractivity contribution in [3.63, 3.8) is 0 Å². The second-order valence-corrected chi connectivity index (χ2v) is 6.18. The topological polar surface area (TPSA) is 20.3 Å². The number of carbonyl (C=O) groups is 1. The molecular formula is C17H22FNO. The van der Waals surface area contributed by atoms with Gasteiger partial charge in [0.2, 0.25) is 0 Å². The molecule has 1 heterocycles. The lowest BCUT2D eigenvalue weighted by molar-refractivity contribution is -0.127. The summed E-state index contributed by atoms with van der Waals surface area (Å²) in [5, 5.41) is 0. The van der Waals surface area contributed by atoms with Crippen molar-refractivity contribution < 1.29 is 9.18 Å². The number of carbonyl (C=O) groups excluding carboxylic acids is 1. The first-order chi connectivity index (χ1) is 9.68. The van der Waals surface area contributed by atoms with E-state index in [4.69, 9.17) is 0 Å². The summed E-state index contributed by atoms with van der Waals surface area (Å²) in [4.78, 5) is 14.9. The Hall–Kier alpha value is -1.22. The van der Waals surface area contributed by atoms with Crippen LogP contribution in [-0.2, 0) is 4.79 Å². The number of piperidine rings is 1. The molecule has 1 aromatic carbocycles. The number of hydrogen-bond donors (Lipinski definition) is 0. The van der Waals surface area contributed by atoms with Gasteiger partial charge in [-0.1, -0.05) is 24.6 Å². The molecule has 3 rings (SSSR count). The number of likely N-dealkylation sites (tertiary alicyclic amines) is 1. The molecular weight excluding hydrogens is 253 g/mol. The quantitative estimate of drug-likeness (QED) is 0.834. The van der Waals surface area contributed by atoms with Crippen LogP contribution in [0.3, 0.4) is 0 Å². The van der Waals surface area contributed by atoms with Gasteiger partial charge in [-0.3, -0.25) is 9.69 Å². The van der Waals surface area contributed by atoms with Crippen LogP contribution in [0.2, 0.25) is 0 Å². The second-order valence-electron chi connectivity index (χ2n) is 6.18. The van der Waals surface area contributed by atoms with Crippen molar-refractivity contribution in [1.82, 2.24) is 4.90 Å². The molecule has 0 spiro atoms. The van der Waals surface area contributed by atoms with Gasteiger partial charge in [0.15, 0.2) is 5.78 Å². The van der Waals surface area contributed by atoms with Gasteiger partial charge in [0.25, 0.3) is 0 Å². The summed E-state index contributed by atoms with van der Waals surface area (Å²) in [5.74, 6) is 0.141. The van der Waals surface area contributed by atoms with E-state index < -0.39 is 0 Å². The third-order valence-corrected chi connectivity index (χ3v) is 4.64. The Bertz CT molecular complexity index is 498. The first-order valence-electron chi connectivity index (χ1n) is 7.72. The second kappa shape index (κ2) is 5.65. The predicted molar refractivity (Wildman–Crippen MR) is 76.9 cm³/mol. The molecule has 2 unspecified atom stereocenters. The minimum Gasteiger partial charge on any atom is -0.297 e. The molecule has 2 fully saturated rings. The summed E-state index contributed by atoms with van der Waals surface area (Å²) in [6.07, 6.45) is 5.37. The highest BCUT2D eigenvalue weighted by molar-refractivity contribution is 5.89. The summed E-state index contributed by atoms with van der Waals surface area (Å²) in [5.41, 5.74) is 0.568. The Labute approximate surface area is 120 Å². The van der Waals surface area contributed by atoms with Gasteiger partial charge in [-0.25, -0.2) is 4.39 Å². The van der Waals surface area contributed by atoms with Crippen LogP contribution in [0.5, 0.6) is 0 Å². The molecule has 0 aromatic heterocycles. The van der Waals surface area contributed by atoms with E-state index in [1.165, 1.54) is 12.5 Å². The summed E-state index contributed by atoms with van der Waals surface area (Å²) >= 11 is 0. The largest absolute Gasteiger partial charge is 0.297 e. The summed E-state index contributed by atoms with van der Waals surface area (Å²) in [6, 6.07) is 6.76. The maximum Gasteiger partial charge on any atom is 0.157 e. The van der Waals surface area contributed by atoms with Crippen LogP contribution in [0.25, 0.3) is 0 Å². The fraction of sp³-hybridized carbons (Fsp3) is 0.588. The molecule has 1 aliphatic carbocycles. The van der Waals surface area contributed by atoms with Gasteiger partial charge < -0.3 is 0 Å². The highest BCUT2D eigenvalue weighted by atomic mass is 19.1. The molecule has 2 nitrogen and oxygen atoms in total. The van der Waals surface area contributed by atoms with Crippen molar-refractivity contribution >= 4 is 5.78 Å². The first-order valence-corrected chi connectivity index (χ1v) is 7.72. The average Bonchev–Trinajstić information content (AvgIpc) is 3.27. The SMILES string of the molecule is CC1CCCCN1C(C(=O)C1CC1)c1ccccc1F. The van der Waals surface area contributed by atoms with Crippen molar-refractivity contribution in [2.45, 2.75) is 51.1 Å². The summed E-state index contributed by atoms with van der Waals surface area (Å²) in [6.45, 7) is 3.06. The number of benzene rings is 1. The maximum atomic E-state index is 14.2. The third-order valence-electron chi connectivity index (χ3n) is 4.64. The molecule has 0 radical (unpaired) electrons. The van der Waals surface area contributed by atoms with Crippen LogP contribution in [0.15, 0.2) is 24.3 Å². The highest BCUT2D eigenvalue weighted by Crippen LogP contribution is 2.39. The van der Waals surface area contributed by atoms with Crippen LogP contribution >= 0.6 is 0 Å². The molecule has 1 saturated carbocycles. The van der Waals surface area contributed by atoms with Crippen LogP contribution in [0.1, 0.15) is 50.6 Å². The molecule has 108 valence electrons. The molecule has 1 aromatic rings. The lowest BCUT2D eigenvalue weighted by Crippen LogP contribution is -2.44. The van der Waals surface area contributed by atoms with E-state index in [1.807, 2.05) is 6.07 Å². The van der Waals surface area contributed by atoms with E-state index in [9.17, 15) is 9.18 Å².